The van der Waals surface area contributed by atoms with E-state index < -0.39 is 11.8 Å². The first-order chi connectivity index (χ1) is 16.8. The van der Waals surface area contributed by atoms with E-state index in [0.717, 1.165) is 12.0 Å². The summed E-state index contributed by atoms with van der Waals surface area (Å²) in [5.74, 6) is -1.66. The van der Waals surface area contributed by atoms with Crippen molar-refractivity contribution in [2.45, 2.75) is 20.3 Å². The number of aryl methyl sites for hydroxylation is 2. The quantitative estimate of drug-likeness (QED) is 0.247. The number of anilines is 2. The van der Waals surface area contributed by atoms with Gasteiger partial charge in [0.2, 0.25) is 0 Å². The first-order valence-corrected chi connectivity index (χ1v) is 11.2. The van der Waals surface area contributed by atoms with Gasteiger partial charge in [-0.15, -0.1) is 0 Å². The Labute approximate surface area is 208 Å². The summed E-state index contributed by atoms with van der Waals surface area (Å²) in [6, 6.07) is 19.3. The van der Waals surface area contributed by atoms with Crippen molar-refractivity contribution >= 4 is 46.9 Å². The van der Waals surface area contributed by atoms with Gasteiger partial charge in [0.25, 0.3) is 5.91 Å². The average molecular weight is 493 g/mol. The molecule has 0 radical (unpaired) electrons. The van der Waals surface area contributed by atoms with Crippen LogP contribution >= 0.6 is 11.6 Å². The van der Waals surface area contributed by atoms with E-state index in [1.165, 1.54) is 11.8 Å². The van der Waals surface area contributed by atoms with Crippen LogP contribution in [0.5, 0.6) is 5.75 Å². The summed E-state index contributed by atoms with van der Waals surface area (Å²) in [5, 5.41) is 9.50. The molecule has 0 aromatic heterocycles. The van der Waals surface area contributed by atoms with Crippen molar-refractivity contribution < 1.29 is 19.1 Å². The Bertz CT molecular complexity index is 1240. The predicted octanol–water partition coefficient (Wildman–Crippen LogP) is 4.32. The van der Waals surface area contributed by atoms with E-state index in [1.807, 2.05) is 31.2 Å². The summed E-state index contributed by atoms with van der Waals surface area (Å²) in [6.45, 7) is 3.72. The molecule has 0 bridgehead atoms. The molecule has 3 aromatic rings. The summed E-state index contributed by atoms with van der Waals surface area (Å²) in [4.78, 5) is 36.1. The van der Waals surface area contributed by atoms with Gasteiger partial charge in [0.05, 0.1) is 6.21 Å². The molecule has 8 nitrogen and oxygen atoms in total. The molecule has 0 spiro atoms. The van der Waals surface area contributed by atoms with E-state index in [0.29, 0.717) is 27.7 Å². The molecule has 3 aromatic carbocycles. The molecule has 0 aliphatic carbocycles. The lowest BCUT2D eigenvalue weighted by atomic mass is 10.1. The summed E-state index contributed by atoms with van der Waals surface area (Å²) in [5.41, 5.74) is 5.90. The number of carbonyl (C=O) groups is 3. The van der Waals surface area contributed by atoms with Crippen LogP contribution in [0.1, 0.15) is 23.6 Å². The molecule has 0 heterocycles. The van der Waals surface area contributed by atoms with Crippen LogP contribution in [0, 0.1) is 6.92 Å². The Morgan fingerprint density at radius 1 is 0.943 bits per heavy atom. The molecule has 9 heteroatoms. The number of halogens is 1. The molecule has 0 fully saturated rings. The average Bonchev–Trinajstić information content (AvgIpc) is 2.85. The smallest absolute Gasteiger partial charge is 0.329 e. The van der Waals surface area contributed by atoms with Crippen LogP contribution in [-0.2, 0) is 20.8 Å². The molecule has 0 saturated heterocycles. The fourth-order valence-electron chi connectivity index (χ4n) is 2.93. The van der Waals surface area contributed by atoms with Gasteiger partial charge < -0.3 is 15.4 Å². The number of rotatable bonds is 8. The molecule has 3 N–H and O–H groups in total. The van der Waals surface area contributed by atoms with Gasteiger partial charge in [0, 0.05) is 16.4 Å². The van der Waals surface area contributed by atoms with Crippen molar-refractivity contribution in [3.63, 3.8) is 0 Å². The van der Waals surface area contributed by atoms with E-state index in [4.69, 9.17) is 16.3 Å². The Hall–Kier alpha value is -4.17. The largest absolute Gasteiger partial charge is 0.484 e. The molecular weight excluding hydrogens is 468 g/mol. The number of hydrogen-bond acceptors (Lipinski definition) is 5. The molecule has 0 unspecified atom stereocenters. The molecule has 35 heavy (non-hydrogen) atoms. The lowest BCUT2D eigenvalue weighted by Gasteiger charge is -2.08. The zero-order valence-electron chi connectivity index (χ0n) is 19.3. The molecule has 180 valence electrons. The molecule has 0 atom stereocenters. The number of hydrogen-bond donors (Lipinski definition) is 3. The number of amides is 3. The maximum Gasteiger partial charge on any atom is 0.329 e. The molecule has 0 aliphatic heterocycles. The predicted molar refractivity (Wildman–Crippen MR) is 137 cm³/mol. The van der Waals surface area contributed by atoms with E-state index in [-0.39, 0.29) is 12.5 Å². The second-order valence-electron chi connectivity index (χ2n) is 7.58. The molecular formula is C26H25ClN4O4. The zero-order valence-corrected chi connectivity index (χ0v) is 20.1. The maximum absolute atomic E-state index is 12.1. The minimum atomic E-state index is -0.936. The van der Waals surface area contributed by atoms with Gasteiger partial charge in [-0.3, -0.25) is 14.4 Å². The van der Waals surface area contributed by atoms with Gasteiger partial charge >= 0.3 is 11.8 Å². The van der Waals surface area contributed by atoms with E-state index >= 15 is 0 Å². The van der Waals surface area contributed by atoms with Crippen LogP contribution < -0.4 is 20.8 Å². The third kappa shape index (κ3) is 7.97. The van der Waals surface area contributed by atoms with E-state index in [2.05, 4.69) is 28.1 Å². The lowest BCUT2D eigenvalue weighted by Crippen LogP contribution is -2.32. The number of nitrogens with zero attached hydrogens (tertiary/aromatic N) is 1. The van der Waals surface area contributed by atoms with Crippen molar-refractivity contribution in [3.8, 4) is 5.75 Å². The minimum Gasteiger partial charge on any atom is -0.484 e. The van der Waals surface area contributed by atoms with Gasteiger partial charge in [0.15, 0.2) is 6.61 Å². The van der Waals surface area contributed by atoms with Crippen LogP contribution in [0.2, 0.25) is 5.02 Å². The number of hydrazone groups is 1. The van der Waals surface area contributed by atoms with Crippen molar-refractivity contribution in [1.29, 1.82) is 0 Å². The fraction of sp³-hybridized carbons (Fsp3) is 0.154. The number of ether oxygens (including phenoxy) is 1. The van der Waals surface area contributed by atoms with Crippen molar-refractivity contribution in [2.24, 2.45) is 5.10 Å². The van der Waals surface area contributed by atoms with Crippen molar-refractivity contribution in [1.82, 2.24) is 5.43 Å². The molecule has 3 rings (SSSR count). The highest BCUT2D eigenvalue weighted by Crippen LogP contribution is 2.19. The normalized spacial score (nSPS) is 10.6. The summed E-state index contributed by atoms with van der Waals surface area (Å²) in [7, 11) is 0. The first kappa shape index (κ1) is 25.5. The number of carbonyl (C=O) groups excluding carboxylic acids is 3. The number of nitrogens with one attached hydrogen (secondary N) is 3. The van der Waals surface area contributed by atoms with E-state index in [1.54, 1.807) is 42.5 Å². The lowest BCUT2D eigenvalue weighted by molar-refractivity contribution is -0.136. The van der Waals surface area contributed by atoms with Crippen LogP contribution in [0.15, 0.2) is 71.8 Å². The van der Waals surface area contributed by atoms with Crippen LogP contribution in [0.25, 0.3) is 0 Å². The third-order valence-corrected chi connectivity index (χ3v) is 5.30. The Balaban J connectivity index is 1.47. The van der Waals surface area contributed by atoms with Gasteiger partial charge in [-0.2, -0.15) is 5.10 Å². The summed E-state index contributed by atoms with van der Waals surface area (Å²) >= 11 is 6.02. The zero-order chi connectivity index (χ0) is 25.2. The van der Waals surface area contributed by atoms with E-state index in [9.17, 15) is 14.4 Å². The maximum atomic E-state index is 12.1. The van der Waals surface area contributed by atoms with Crippen molar-refractivity contribution in [3.05, 3.63) is 88.4 Å². The van der Waals surface area contributed by atoms with Gasteiger partial charge in [-0.25, -0.2) is 5.43 Å². The first-order valence-electron chi connectivity index (χ1n) is 10.9. The topological polar surface area (TPSA) is 109 Å². The number of benzene rings is 3. The fourth-order valence-corrected chi connectivity index (χ4v) is 3.11. The second kappa shape index (κ2) is 12.3. The Morgan fingerprint density at radius 2 is 1.69 bits per heavy atom. The molecule has 0 saturated carbocycles. The highest BCUT2D eigenvalue weighted by atomic mass is 35.5. The Kier molecular flexibility index (Phi) is 8.97. The van der Waals surface area contributed by atoms with Crippen LogP contribution in [0.4, 0.5) is 11.4 Å². The SMILES string of the molecule is CCc1ccc(NC(=O)COc2cccc(/C=N\NC(=O)C(=O)Nc3ccc(C)c(Cl)c3)c2)cc1. The molecule has 0 aliphatic rings. The Morgan fingerprint density at radius 3 is 2.40 bits per heavy atom. The van der Waals surface area contributed by atoms with Gasteiger partial charge in [-0.1, -0.05) is 48.9 Å². The molecule has 3 amide bonds. The standard InChI is InChI=1S/C26H25ClN4O4/c1-3-18-8-11-20(12-9-18)29-24(32)16-35-22-6-4-5-19(13-22)15-28-31-26(34)25(33)30-21-10-7-17(2)23(27)14-21/h4-15H,3,16H2,1-2H3,(H,29,32)(H,30,33)(H,31,34)/b28-15-. The second-order valence-corrected chi connectivity index (χ2v) is 7.98. The summed E-state index contributed by atoms with van der Waals surface area (Å²) in [6.07, 6.45) is 2.28. The monoisotopic (exact) mass is 492 g/mol. The van der Waals surface area contributed by atoms with Crippen LogP contribution in [0.3, 0.4) is 0 Å². The minimum absolute atomic E-state index is 0.171. The summed E-state index contributed by atoms with van der Waals surface area (Å²) < 4.78 is 5.54. The van der Waals surface area contributed by atoms with Crippen molar-refractivity contribution in [2.75, 3.05) is 17.2 Å². The van der Waals surface area contributed by atoms with Gasteiger partial charge in [0.1, 0.15) is 5.75 Å². The van der Waals surface area contributed by atoms with Gasteiger partial charge in [-0.05, 0) is 66.4 Å². The van der Waals surface area contributed by atoms with Crippen LogP contribution in [-0.4, -0.2) is 30.5 Å². The highest BCUT2D eigenvalue weighted by molar-refractivity contribution is 6.39. The third-order valence-electron chi connectivity index (χ3n) is 4.89. The highest BCUT2D eigenvalue weighted by Gasteiger charge is 2.13.